The van der Waals surface area contributed by atoms with Gasteiger partial charge in [-0.15, -0.1) is 0 Å². The molecule has 3 nitrogen and oxygen atoms in total. The fraction of sp³-hybridized carbons (Fsp3) is 0.500. The van der Waals surface area contributed by atoms with Crippen LogP contribution >= 0.6 is 11.6 Å². The van der Waals surface area contributed by atoms with Gasteiger partial charge in [0.05, 0.1) is 11.6 Å². The van der Waals surface area contributed by atoms with Crippen molar-refractivity contribution in [3.8, 4) is 5.75 Å². The van der Waals surface area contributed by atoms with Crippen LogP contribution in [-0.2, 0) is 0 Å². The van der Waals surface area contributed by atoms with Crippen LogP contribution in [-0.4, -0.2) is 13.2 Å². The molecule has 1 unspecified atom stereocenters. The van der Waals surface area contributed by atoms with E-state index in [9.17, 15) is 4.39 Å². The first-order chi connectivity index (χ1) is 8.11. The van der Waals surface area contributed by atoms with Gasteiger partial charge in [0, 0.05) is 24.2 Å². The van der Waals surface area contributed by atoms with Gasteiger partial charge in [-0.1, -0.05) is 11.6 Å². The van der Waals surface area contributed by atoms with Crippen molar-refractivity contribution in [2.75, 3.05) is 13.2 Å². The van der Waals surface area contributed by atoms with Crippen LogP contribution in [0.4, 0.5) is 4.39 Å². The van der Waals surface area contributed by atoms with E-state index in [1.165, 1.54) is 25.0 Å². The van der Waals surface area contributed by atoms with E-state index in [1.54, 1.807) is 0 Å². The molecule has 0 saturated heterocycles. The third kappa shape index (κ3) is 3.09. The molecule has 1 aromatic rings. The average Bonchev–Trinajstić information content (AvgIpc) is 3.12. The molecular weight excluding hydrogens is 243 g/mol. The van der Waals surface area contributed by atoms with E-state index >= 15 is 0 Å². The van der Waals surface area contributed by atoms with Crippen molar-refractivity contribution in [1.82, 2.24) is 0 Å². The third-order valence-corrected chi connectivity index (χ3v) is 3.17. The van der Waals surface area contributed by atoms with Gasteiger partial charge in [-0.05, 0) is 24.8 Å². The molecule has 17 heavy (non-hydrogen) atoms. The van der Waals surface area contributed by atoms with E-state index in [-0.39, 0.29) is 6.54 Å². The van der Waals surface area contributed by atoms with Crippen LogP contribution in [0.25, 0.3) is 0 Å². The summed E-state index contributed by atoms with van der Waals surface area (Å²) in [6, 6.07) is 2.25. The summed E-state index contributed by atoms with van der Waals surface area (Å²) in [4.78, 5) is 0. The molecule has 0 bridgehead atoms. The van der Waals surface area contributed by atoms with Gasteiger partial charge in [-0.25, -0.2) is 4.39 Å². The molecule has 0 radical (unpaired) electrons. The van der Waals surface area contributed by atoms with E-state index in [1.807, 2.05) is 0 Å². The van der Waals surface area contributed by atoms with Crippen molar-refractivity contribution >= 4 is 11.6 Å². The van der Waals surface area contributed by atoms with Crippen molar-refractivity contribution < 1.29 is 9.13 Å². The standard InChI is InChI=1S/C12H16ClFN2O/c13-9-3-8(11(16)5-15)10(14)4-12(9)17-6-7-1-2-7/h3-4,7,11H,1-2,5-6,15-16H2. The Morgan fingerprint density at radius 2 is 2.18 bits per heavy atom. The molecule has 0 aliphatic heterocycles. The smallest absolute Gasteiger partial charge is 0.140 e. The monoisotopic (exact) mass is 258 g/mol. The summed E-state index contributed by atoms with van der Waals surface area (Å²) < 4.78 is 19.2. The molecule has 0 heterocycles. The molecule has 1 aliphatic rings. The molecule has 1 fully saturated rings. The van der Waals surface area contributed by atoms with Gasteiger partial charge < -0.3 is 16.2 Å². The average molecular weight is 259 g/mol. The quantitative estimate of drug-likeness (QED) is 0.851. The first-order valence-electron chi connectivity index (χ1n) is 5.69. The first kappa shape index (κ1) is 12.6. The van der Waals surface area contributed by atoms with Gasteiger partial charge in [0.15, 0.2) is 0 Å². The van der Waals surface area contributed by atoms with Gasteiger partial charge in [0.25, 0.3) is 0 Å². The summed E-state index contributed by atoms with van der Waals surface area (Å²) in [7, 11) is 0. The largest absolute Gasteiger partial charge is 0.492 e. The minimum Gasteiger partial charge on any atom is -0.492 e. The van der Waals surface area contributed by atoms with Crippen molar-refractivity contribution in [3.05, 3.63) is 28.5 Å². The Hall–Kier alpha value is -0.840. The lowest BCUT2D eigenvalue weighted by Crippen LogP contribution is -2.22. The number of ether oxygens (including phenoxy) is 1. The highest BCUT2D eigenvalue weighted by Crippen LogP contribution is 2.33. The molecule has 5 heteroatoms. The molecular formula is C12H16ClFN2O. The predicted octanol–water partition coefficient (Wildman–Crippen LogP) is 2.23. The van der Waals surface area contributed by atoms with E-state index < -0.39 is 11.9 Å². The maximum atomic E-state index is 13.7. The Bertz CT molecular complexity index is 410. The van der Waals surface area contributed by atoms with Gasteiger partial charge in [-0.2, -0.15) is 0 Å². The maximum Gasteiger partial charge on any atom is 0.140 e. The fourth-order valence-electron chi connectivity index (χ4n) is 1.56. The lowest BCUT2D eigenvalue weighted by atomic mass is 10.1. The topological polar surface area (TPSA) is 61.3 Å². The zero-order chi connectivity index (χ0) is 12.4. The second-order valence-electron chi connectivity index (χ2n) is 4.40. The van der Waals surface area contributed by atoms with Crippen molar-refractivity contribution in [2.24, 2.45) is 17.4 Å². The van der Waals surface area contributed by atoms with Gasteiger partial charge in [-0.3, -0.25) is 0 Å². The van der Waals surface area contributed by atoms with E-state index in [0.29, 0.717) is 28.9 Å². The number of halogens is 2. The molecule has 1 atom stereocenters. The number of nitrogens with two attached hydrogens (primary N) is 2. The van der Waals surface area contributed by atoms with E-state index in [0.717, 1.165) is 0 Å². The van der Waals surface area contributed by atoms with Crippen LogP contribution in [0.5, 0.6) is 5.75 Å². The summed E-state index contributed by atoms with van der Waals surface area (Å²) >= 11 is 6.02. The summed E-state index contributed by atoms with van der Waals surface area (Å²) in [5.41, 5.74) is 11.4. The Labute approximate surface area is 105 Å². The first-order valence-corrected chi connectivity index (χ1v) is 6.07. The molecule has 2 rings (SSSR count). The zero-order valence-electron chi connectivity index (χ0n) is 9.46. The molecule has 1 aliphatic carbocycles. The summed E-state index contributed by atoms with van der Waals surface area (Å²) in [5, 5.41) is 0.381. The zero-order valence-corrected chi connectivity index (χ0v) is 10.2. The Kier molecular flexibility index (Phi) is 3.86. The summed E-state index contributed by atoms with van der Waals surface area (Å²) in [6.07, 6.45) is 2.35. The van der Waals surface area contributed by atoms with Gasteiger partial charge >= 0.3 is 0 Å². The van der Waals surface area contributed by atoms with Crippen LogP contribution in [0.15, 0.2) is 12.1 Å². The number of hydrogen-bond acceptors (Lipinski definition) is 3. The Morgan fingerprint density at radius 3 is 2.76 bits per heavy atom. The predicted molar refractivity (Wildman–Crippen MR) is 65.6 cm³/mol. The molecule has 4 N–H and O–H groups in total. The second-order valence-corrected chi connectivity index (χ2v) is 4.81. The van der Waals surface area contributed by atoms with Crippen LogP contribution in [0, 0.1) is 11.7 Å². The Balaban J connectivity index is 2.14. The van der Waals surface area contributed by atoms with Gasteiger partial charge in [0.2, 0.25) is 0 Å². The van der Waals surface area contributed by atoms with Crippen LogP contribution < -0.4 is 16.2 Å². The van der Waals surface area contributed by atoms with Crippen molar-refractivity contribution in [1.29, 1.82) is 0 Å². The molecule has 1 saturated carbocycles. The van der Waals surface area contributed by atoms with Crippen LogP contribution in [0.2, 0.25) is 5.02 Å². The highest BCUT2D eigenvalue weighted by Gasteiger charge is 2.23. The number of rotatable bonds is 5. The molecule has 94 valence electrons. The van der Waals surface area contributed by atoms with Crippen LogP contribution in [0.3, 0.4) is 0 Å². The molecule has 0 amide bonds. The fourth-order valence-corrected chi connectivity index (χ4v) is 1.78. The van der Waals surface area contributed by atoms with Crippen molar-refractivity contribution in [3.63, 3.8) is 0 Å². The third-order valence-electron chi connectivity index (χ3n) is 2.88. The minimum absolute atomic E-state index is 0.176. The Morgan fingerprint density at radius 1 is 1.47 bits per heavy atom. The van der Waals surface area contributed by atoms with E-state index in [2.05, 4.69) is 0 Å². The SMILES string of the molecule is NCC(N)c1cc(Cl)c(OCC2CC2)cc1F. The molecule has 1 aromatic carbocycles. The van der Waals surface area contributed by atoms with Crippen molar-refractivity contribution in [2.45, 2.75) is 18.9 Å². The van der Waals surface area contributed by atoms with Gasteiger partial charge in [0.1, 0.15) is 11.6 Å². The highest BCUT2D eigenvalue weighted by molar-refractivity contribution is 6.32. The van der Waals surface area contributed by atoms with E-state index in [4.69, 9.17) is 27.8 Å². The lowest BCUT2D eigenvalue weighted by Gasteiger charge is -2.14. The minimum atomic E-state index is -0.537. The van der Waals surface area contributed by atoms with Crippen LogP contribution in [0.1, 0.15) is 24.4 Å². The number of benzene rings is 1. The summed E-state index contributed by atoms with van der Waals surface area (Å²) in [5.74, 6) is 0.558. The second kappa shape index (κ2) is 5.21. The number of hydrogen-bond donors (Lipinski definition) is 2. The lowest BCUT2D eigenvalue weighted by molar-refractivity contribution is 0.298. The maximum absolute atomic E-state index is 13.7. The highest BCUT2D eigenvalue weighted by atomic mass is 35.5. The summed E-state index contributed by atoms with van der Waals surface area (Å²) in [6.45, 7) is 0.775. The molecule has 0 spiro atoms. The normalized spacial score (nSPS) is 16.9. The molecule has 0 aromatic heterocycles.